The first-order chi connectivity index (χ1) is 10.6. The van der Waals surface area contributed by atoms with Crippen molar-refractivity contribution in [1.82, 2.24) is 0 Å². The van der Waals surface area contributed by atoms with E-state index < -0.39 is 5.97 Å². The standard InChI is InChI=1S/C19H21NO2/c1-14(20)17(12-15-8-4-2-5-9-15)18(19(21)22)13-16-10-6-3-7-11-16/h2-11,14H,12-13,20H2,1H3,(H,21,22). The minimum atomic E-state index is -0.896. The van der Waals surface area contributed by atoms with Gasteiger partial charge in [-0.2, -0.15) is 0 Å². The second kappa shape index (κ2) is 7.57. The lowest BCUT2D eigenvalue weighted by Gasteiger charge is -2.16. The summed E-state index contributed by atoms with van der Waals surface area (Å²) in [6, 6.07) is 19.1. The Kier molecular flexibility index (Phi) is 5.50. The molecule has 0 amide bonds. The van der Waals surface area contributed by atoms with Crippen LogP contribution < -0.4 is 5.73 Å². The molecule has 3 N–H and O–H groups in total. The van der Waals surface area contributed by atoms with Gasteiger partial charge in [-0.05, 0) is 30.0 Å². The molecule has 0 aliphatic heterocycles. The highest BCUT2D eigenvalue weighted by Crippen LogP contribution is 2.19. The van der Waals surface area contributed by atoms with Gasteiger partial charge in [0.1, 0.15) is 0 Å². The fourth-order valence-corrected chi connectivity index (χ4v) is 2.48. The number of rotatable bonds is 6. The van der Waals surface area contributed by atoms with E-state index in [-0.39, 0.29) is 6.04 Å². The molecule has 0 saturated heterocycles. The molecule has 2 rings (SSSR count). The van der Waals surface area contributed by atoms with Crippen LogP contribution in [0, 0.1) is 0 Å². The molecule has 22 heavy (non-hydrogen) atoms. The Balaban J connectivity index is 2.37. The SMILES string of the molecule is CC(N)C(Cc1ccccc1)=C(Cc1ccccc1)C(=O)O. The normalized spacial score (nSPS) is 13.4. The van der Waals surface area contributed by atoms with Gasteiger partial charge in [0, 0.05) is 18.0 Å². The number of carboxylic acids is 1. The van der Waals surface area contributed by atoms with Crippen molar-refractivity contribution in [3.05, 3.63) is 82.9 Å². The molecule has 114 valence electrons. The van der Waals surface area contributed by atoms with Crippen molar-refractivity contribution in [2.45, 2.75) is 25.8 Å². The Labute approximate surface area is 131 Å². The van der Waals surface area contributed by atoms with E-state index in [1.165, 1.54) is 0 Å². The number of carboxylic acid groups (broad SMARTS) is 1. The van der Waals surface area contributed by atoms with Crippen LogP contribution in [0.1, 0.15) is 18.1 Å². The Morgan fingerprint density at radius 2 is 1.41 bits per heavy atom. The van der Waals surface area contributed by atoms with Crippen LogP contribution in [0.2, 0.25) is 0 Å². The van der Waals surface area contributed by atoms with E-state index in [2.05, 4.69) is 0 Å². The molecule has 3 heteroatoms. The molecule has 2 aromatic carbocycles. The quantitative estimate of drug-likeness (QED) is 0.804. The highest BCUT2D eigenvalue weighted by atomic mass is 16.4. The van der Waals surface area contributed by atoms with E-state index in [1.807, 2.05) is 67.6 Å². The summed E-state index contributed by atoms with van der Waals surface area (Å²) in [5.74, 6) is -0.896. The van der Waals surface area contributed by atoms with Crippen LogP contribution in [0.5, 0.6) is 0 Å². The Morgan fingerprint density at radius 3 is 1.82 bits per heavy atom. The average Bonchev–Trinajstić information content (AvgIpc) is 2.52. The molecule has 3 nitrogen and oxygen atoms in total. The summed E-state index contributed by atoms with van der Waals surface area (Å²) in [6.45, 7) is 1.84. The summed E-state index contributed by atoms with van der Waals surface area (Å²) in [6.07, 6.45) is 0.951. The fraction of sp³-hybridized carbons (Fsp3) is 0.211. The Morgan fingerprint density at radius 1 is 0.955 bits per heavy atom. The molecule has 1 unspecified atom stereocenters. The summed E-state index contributed by atoms with van der Waals surface area (Å²) >= 11 is 0. The first kappa shape index (κ1) is 16.0. The number of aliphatic carboxylic acids is 1. The van der Waals surface area contributed by atoms with Gasteiger partial charge in [-0.25, -0.2) is 4.79 Å². The molecule has 0 spiro atoms. The van der Waals surface area contributed by atoms with Crippen LogP contribution in [-0.4, -0.2) is 17.1 Å². The Bertz CT molecular complexity index is 646. The van der Waals surface area contributed by atoms with E-state index in [4.69, 9.17) is 5.73 Å². The lowest BCUT2D eigenvalue weighted by Crippen LogP contribution is -2.24. The molecule has 0 radical (unpaired) electrons. The van der Waals surface area contributed by atoms with Gasteiger partial charge in [0.25, 0.3) is 0 Å². The molecule has 0 aromatic heterocycles. The van der Waals surface area contributed by atoms with Crippen molar-refractivity contribution in [3.63, 3.8) is 0 Å². The first-order valence-electron chi connectivity index (χ1n) is 7.36. The van der Waals surface area contributed by atoms with Crippen molar-refractivity contribution in [2.24, 2.45) is 5.73 Å². The molecule has 1 atom stereocenters. The summed E-state index contributed by atoms with van der Waals surface area (Å²) in [4.78, 5) is 11.7. The second-order valence-electron chi connectivity index (χ2n) is 5.42. The van der Waals surface area contributed by atoms with Crippen LogP contribution in [-0.2, 0) is 17.6 Å². The van der Waals surface area contributed by atoms with Crippen molar-refractivity contribution in [1.29, 1.82) is 0 Å². The summed E-state index contributed by atoms with van der Waals surface area (Å²) in [7, 11) is 0. The van der Waals surface area contributed by atoms with Gasteiger partial charge in [0.05, 0.1) is 0 Å². The van der Waals surface area contributed by atoms with Gasteiger partial charge in [0.15, 0.2) is 0 Å². The molecule has 0 fully saturated rings. The molecule has 0 aliphatic carbocycles. The highest BCUT2D eigenvalue weighted by Gasteiger charge is 2.18. The van der Waals surface area contributed by atoms with Crippen molar-refractivity contribution in [3.8, 4) is 0 Å². The third kappa shape index (κ3) is 4.30. The minimum Gasteiger partial charge on any atom is -0.478 e. The van der Waals surface area contributed by atoms with Crippen LogP contribution in [0.4, 0.5) is 0 Å². The van der Waals surface area contributed by atoms with Crippen LogP contribution in [0.3, 0.4) is 0 Å². The molecule has 0 bridgehead atoms. The van der Waals surface area contributed by atoms with Gasteiger partial charge in [-0.15, -0.1) is 0 Å². The van der Waals surface area contributed by atoms with Gasteiger partial charge in [-0.3, -0.25) is 0 Å². The zero-order valence-corrected chi connectivity index (χ0v) is 12.7. The summed E-state index contributed by atoms with van der Waals surface area (Å²) < 4.78 is 0. The summed E-state index contributed by atoms with van der Waals surface area (Å²) in [5.41, 5.74) is 9.28. The number of carbonyl (C=O) groups is 1. The highest BCUT2D eigenvalue weighted by molar-refractivity contribution is 5.88. The molecular weight excluding hydrogens is 274 g/mol. The lowest BCUT2D eigenvalue weighted by atomic mass is 9.91. The number of nitrogens with two attached hydrogens (primary N) is 1. The van der Waals surface area contributed by atoms with E-state index in [0.717, 1.165) is 16.7 Å². The molecule has 0 saturated carbocycles. The minimum absolute atomic E-state index is 0.296. The lowest BCUT2D eigenvalue weighted by molar-refractivity contribution is -0.132. The zero-order valence-electron chi connectivity index (χ0n) is 12.7. The van der Waals surface area contributed by atoms with E-state index in [1.54, 1.807) is 0 Å². The number of hydrogen-bond donors (Lipinski definition) is 2. The third-order valence-electron chi connectivity index (χ3n) is 3.66. The largest absolute Gasteiger partial charge is 0.478 e. The van der Waals surface area contributed by atoms with Crippen molar-refractivity contribution >= 4 is 5.97 Å². The van der Waals surface area contributed by atoms with Gasteiger partial charge in [-0.1, -0.05) is 60.7 Å². The predicted molar refractivity (Wildman–Crippen MR) is 88.6 cm³/mol. The predicted octanol–water partition coefficient (Wildman–Crippen LogP) is 3.20. The van der Waals surface area contributed by atoms with Gasteiger partial charge < -0.3 is 10.8 Å². The average molecular weight is 295 g/mol. The third-order valence-corrected chi connectivity index (χ3v) is 3.66. The molecule has 2 aromatic rings. The molecular formula is C19H21NO2. The van der Waals surface area contributed by atoms with Gasteiger partial charge >= 0.3 is 5.97 Å². The monoisotopic (exact) mass is 295 g/mol. The smallest absolute Gasteiger partial charge is 0.331 e. The van der Waals surface area contributed by atoms with Gasteiger partial charge in [0.2, 0.25) is 0 Å². The van der Waals surface area contributed by atoms with E-state index in [9.17, 15) is 9.90 Å². The van der Waals surface area contributed by atoms with Crippen LogP contribution >= 0.6 is 0 Å². The number of hydrogen-bond acceptors (Lipinski definition) is 2. The zero-order chi connectivity index (χ0) is 15.9. The van der Waals surface area contributed by atoms with Crippen molar-refractivity contribution in [2.75, 3.05) is 0 Å². The second-order valence-corrected chi connectivity index (χ2v) is 5.42. The fourth-order valence-electron chi connectivity index (χ4n) is 2.48. The molecule has 0 aliphatic rings. The molecule has 0 heterocycles. The number of benzene rings is 2. The topological polar surface area (TPSA) is 63.3 Å². The first-order valence-corrected chi connectivity index (χ1v) is 7.36. The van der Waals surface area contributed by atoms with E-state index in [0.29, 0.717) is 18.4 Å². The summed E-state index contributed by atoms with van der Waals surface area (Å²) in [5, 5.41) is 9.62. The van der Waals surface area contributed by atoms with Crippen LogP contribution in [0.25, 0.3) is 0 Å². The van der Waals surface area contributed by atoms with Crippen LogP contribution in [0.15, 0.2) is 71.8 Å². The Hall–Kier alpha value is -2.39. The maximum Gasteiger partial charge on any atom is 0.331 e. The maximum absolute atomic E-state index is 11.7. The maximum atomic E-state index is 11.7. The van der Waals surface area contributed by atoms with E-state index >= 15 is 0 Å². The van der Waals surface area contributed by atoms with Crippen molar-refractivity contribution < 1.29 is 9.90 Å².